The zero-order valence-corrected chi connectivity index (χ0v) is 15.0. The molecule has 1 spiro atoms. The summed E-state index contributed by atoms with van der Waals surface area (Å²) in [5.41, 5.74) is 1.99. The molecule has 2 aromatic rings. The summed E-state index contributed by atoms with van der Waals surface area (Å²) >= 11 is 1.67. The van der Waals surface area contributed by atoms with Crippen molar-refractivity contribution in [2.45, 2.75) is 51.5 Å². The zero-order chi connectivity index (χ0) is 16.6. The Morgan fingerprint density at radius 3 is 2.96 bits per heavy atom. The molecule has 2 aromatic heterocycles. The Labute approximate surface area is 145 Å². The fraction of sp³-hybridized carbons (Fsp3) is 0.647. The van der Waals surface area contributed by atoms with Crippen LogP contribution in [-0.4, -0.2) is 46.4 Å². The predicted molar refractivity (Wildman–Crippen MR) is 89.9 cm³/mol. The monoisotopic (exact) mass is 349 g/mol. The van der Waals surface area contributed by atoms with Gasteiger partial charge in [-0.25, -0.2) is 4.98 Å². The predicted octanol–water partition coefficient (Wildman–Crippen LogP) is 2.70. The SMILES string of the molecule is Cc1cc(CN2CC3(CC(OCc4csc(C)n4)CCO3)C2)no1. The van der Waals surface area contributed by atoms with Crippen LogP contribution in [0.2, 0.25) is 0 Å². The second kappa shape index (κ2) is 6.55. The molecule has 7 heteroatoms. The van der Waals surface area contributed by atoms with Crippen LogP contribution in [0.3, 0.4) is 0 Å². The maximum Gasteiger partial charge on any atom is 0.133 e. The van der Waals surface area contributed by atoms with Gasteiger partial charge in [0.05, 0.1) is 34.7 Å². The first-order valence-corrected chi connectivity index (χ1v) is 9.29. The Morgan fingerprint density at radius 2 is 2.25 bits per heavy atom. The molecule has 24 heavy (non-hydrogen) atoms. The van der Waals surface area contributed by atoms with Crippen molar-refractivity contribution < 1.29 is 14.0 Å². The largest absolute Gasteiger partial charge is 0.372 e. The highest BCUT2D eigenvalue weighted by atomic mass is 32.1. The maximum absolute atomic E-state index is 6.09. The van der Waals surface area contributed by atoms with Gasteiger partial charge in [0.15, 0.2) is 0 Å². The standard InChI is InChI=1S/C17H23N3O3S/c1-12-5-14(19-23-12)7-20-10-17(11-20)6-16(3-4-22-17)21-8-15-9-24-13(2)18-15/h5,9,16H,3-4,6-8,10-11H2,1-2H3. The van der Waals surface area contributed by atoms with E-state index in [1.165, 1.54) is 0 Å². The minimum atomic E-state index is -0.0420. The van der Waals surface area contributed by atoms with Gasteiger partial charge in [-0.05, 0) is 20.3 Å². The van der Waals surface area contributed by atoms with Crippen LogP contribution < -0.4 is 0 Å². The van der Waals surface area contributed by atoms with Crippen LogP contribution >= 0.6 is 11.3 Å². The normalized spacial score (nSPS) is 23.5. The Bertz CT molecular complexity index is 693. The van der Waals surface area contributed by atoms with Crippen LogP contribution in [0.25, 0.3) is 0 Å². The summed E-state index contributed by atoms with van der Waals surface area (Å²) in [6.45, 7) is 8.03. The van der Waals surface area contributed by atoms with Gasteiger partial charge in [-0.15, -0.1) is 11.3 Å². The first-order valence-electron chi connectivity index (χ1n) is 8.41. The summed E-state index contributed by atoms with van der Waals surface area (Å²) in [6.07, 6.45) is 2.19. The average molecular weight is 349 g/mol. The van der Waals surface area contributed by atoms with Crippen molar-refractivity contribution in [2.24, 2.45) is 0 Å². The molecule has 2 fully saturated rings. The summed E-state index contributed by atoms with van der Waals surface area (Å²) in [5.74, 6) is 0.861. The number of hydrogen-bond donors (Lipinski definition) is 0. The number of aryl methyl sites for hydroxylation is 2. The molecule has 4 heterocycles. The van der Waals surface area contributed by atoms with Gasteiger partial charge in [-0.2, -0.15) is 0 Å². The molecular formula is C17H23N3O3S. The summed E-state index contributed by atoms with van der Waals surface area (Å²) in [7, 11) is 0. The first kappa shape index (κ1) is 16.2. The van der Waals surface area contributed by atoms with E-state index in [0.717, 1.165) is 61.2 Å². The number of hydrogen-bond acceptors (Lipinski definition) is 7. The lowest BCUT2D eigenvalue weighted by atomic mass is 9.84. The molecule has 0 bridgehead atoms. The Hall–Kier alpha value is -1.28. The van der Waals surface area contributed by atoms with Crippen molar-refractivity contribution in [3.63, 3.8) is 0 Å². The van der Waals surface area contributed by atoms with Gasteiger partial charge in [-0.3, -0.25) is 4.90 Å². The maximum atomic E-state index is 6.09. The lowest BCUT2D eigenvalue weighted by Crippen LogP contribution is -2.65. The van der Waals surface area contributed by atoms with Gasteiger partial charge in [0, 0.05) is 44.1 Å². The van der Waals surface area contributed by atoms with Gasteiger partial charge < -0.3 is 14.0 Å². The molecule has 0 radical (unpaired) electrons. The number of thiazole rings is 1. The Balaban J connectivity index is 1.26. The van der Waals surface area contributed by atoms with E-state index in [0.29, 0.717) is 6.61 Å². The third kappa shape index (κ3) is 3.54. The van der Waals surface area contributed by atoms with Crippen molar-refractivity contribution in [1.82, 2.24) is 15.0 Å². The number of nitrogens with zero attached hydrogens (tertiary/aromatic N) is 3. The van der Waals surface area contributed by atoms with Gasteiger partial charge >= 0.3 is 0 Å². The van der Waals surface area contributed by atoms with Crippen molar-refractivity contribution in [3.8, 4) is 0 Å². The second-order valence-electron chi connectivity index (χ2n) is 6.89. The van der Waals surface area contributed by atoms with Crippen LogP contribution in [0.5, 0.6) is 0 Å². The topological polar surface area (TPSA) is 60.6 Å². The molecule has 0 N–H and O–H groups in total. The summed E-state index contributed by atoms with van der Waals surface area (Å²) < 4.78 is 17.3. The smallest absolute Gasteiger partial charge is 0.133 e. The first-order chi connectivity index (χ1) is 11.6. The van der Waals surface area contributed by atoms with E-state index in [4.69, 9.17) is 14.0 Å². The molecule has 0 saturated carbocycles. The average Bonchev–Trinajstić information content (AvgIpc) is 3.13. The van der Waals surface area contributed by atoms with Crippen LogP contribution in [0.1, 0.15) is 35.0 Å². The fourth-order valence-corrected chi connectivity index (χ4v) is 4.22. The molecule has 0 aliphatic carbocycles. The number of ether oxygens (including phenoxy) is 2. The molecule has 0 aromatic carbocycles. The number of rotatable bonds is 5. The fourth-order valence-electron chi connectivity index (χ4n) is 3.63. The summed E-state index contributed by atoms with van der Waals surface area (Å²) in [6, 6.07) is 1.99. The van der Waals surface area contributed by atoms with Crippen molar-refractivity contribution in [2.75, 3.05) is 19.7 Å². The van der Waals surface area contributed by atoms with E-state index in [9.17, 15) is 0 Å². The minimum absolute atomic E-state index is 0.0420. The summed E-state index contributed by atoms with van der Waals surface area (Å²) in [5, 5.41) is 7.23. The van der Waals surface area contributed by atoms with Crippen LogP contribution in [-0.2, 0) is 22.6 Å². The molecule has 1 atom stereocenters. The molecule has 6 nitrogen and oxygen atoms in total. The zero-order valence-electron chi connectivity index (χ0n) is 14.2. The minimum Gasteiger partial charge on any atom is -0.372 e. The third-order valence-corrected chi connectivity index (χ3v) is 5.49. The van der Waals surface area contributed by atoms with Gasteiger partial charge in [-0.1, -0.05) is 5.16 Å². The number of likely N-dealkylation sites (tertiary alicyclic amines) is 1. The van der Waals surface area contributed by atoms with E-state index in [2.05, 4.69) is 20.4 Å². The van der Waals surface area contributed by atoms with E-state index in [-0.39, 0.29) is 11.7 Å². The van der Waals surface area contributed by atoms with Crippen LogP contribution in [0, 0.1) is 13.8 Å². The van der Waals surface area contributed by atoms with Crippen molar-refractivity contribution in [3.05, 3.63) is 33.6 Å². The molecule has 2 aliphatic rings. The van der Waals surface area contributed by atoms with E-state index in [1.54, 1.807) is 11.3 Å². The lowest BCUT2D eigenvalue weighted by Gasteiger charge is -2.53. The third-order valence-electron chi connectivity index (χ3n) is 4.67. The highest BCUT2D eigenvalue weighted by Crippen LogP contribution is 2.36. The number of aromatic nitrogens is 2. The molecule has 4 rings (SSSR count). The second-order valence-corrected chi connectivity index (χ2v) is 7.95. The highest BCUT2D eigenvalue weighted by molar-refractivity contribution is 7.09. The van der Waals surface area contributed by atoms with Gasteiger partial charge in [0.1, 0.15) is 5.76 Å². The highest BCUT2D eigenvalue weighted by Gasteiger charge is 2.47. The Morgan fingerprint density at radius 1 is 1.38 bits per heavy atom. The van der Waals surface area contributed by atoms with E-state index >= 15 is 0 Å². The van der Waals surface area contributed by atoms with E-state index in [1.807, 2.05) is 19.9 Å². The van der Waals surface area contributed by atoms with Crippen LogP contribution in [0.4, 0.5) is 0 Å². The molecule has 2 aliphatic heterocycles. The summed E-state index contributed by atoms with van der Waals surface area (Å²) in [4.78, 5) is 6.82. The molecule has 1 unspecified atom stereocenters. The van der Waals surface area contributed by atoms with Crippen molar-refractivity contribution in [1.29, 1.82) is 0 Å². The molecular weight excluding hydrogens is 326 g/mol. The Kier molecular flexibility index (Phi) is 4.42. The van der Waals surface area contributed by atoms with Gasteiger partial charge in [0.25, 0.3) is 0 Å². The molecule has 2 saturated heterocycles. The van der Waals surface area contributed by atoms with Crippen LogP contribution in [0.15, 0.2) is 16.0 Å². The molecule has 0 amide bonds. The van der Waals surface area contributed by atoms with E-state index < -0.39 is 0 Å². The van der Waals surface area contributed by atoms with Gasteiger partial charge in [0.2, 0.25) is 0 Å². The molecule has 130 valence electrons. The lowest BCUT2D eigenvalue weighted by molar-refractivity contribution is -0.200. The quantitative estimate of drug-likeness (QED) is 0.827. The van der Waals surface area contributed by atoms with Crippen molar-refractivity contribution >= 4 is 11.3 Å².